The van der Waals surface area contributed by atoms with E-state index in [0.29, 0.717) is 0 Å². The number of halogens is 2. The predicted molar refractivity (Wildman–Crippen MR) is 90.5 cm³/mol. The summed E-state index contributed by atoms with van der Waals surface area (Å²) < 4.78 is 3.98. The molecular formula is C15H12Br2N4. The predicted octanol–water partition coefficient (Wildman–Crippen LogP) is 4.40. The zero-order valence-electron chi connectivity index (χ0n) is 11.0. The molecule has 2 aromatic heterocycles. The molecule has 0 radical (unpaired) electrons. The fourth-order valence-corrected chi connectivity index (χ4v) is 2.56. The summed E-state index contributed by atoms with van der Waals surface area (Å²) in [6.45, 7) is 0.748. The van der Waals surface area contributed by atoms with E-state index in [1.807, 2.05) is 35.2 Å². The molecule has 0 unspecified atom stereocenters. The molecule has 21 heavy (non-hydrogen) atoms. The van der Waals surface area contributed by atoms with E-state index in [4.69, 9.17) is 0 Å². The summed E-state index contributed by atoms with van der Waals surface area (Å²) in [4.78, 5) is 8.42. The molecule has 6 heteroatoms. The molecule has 2 heterocycles. The molecule has 3 aromatic rings. The van der Waals surface area contributed by atoms with Gasteiger partial charge in [0.2, 0.25) is 0 Å². The van der Waals surface area contributed by atoms with Crippen LogP contribution in [0.1, 0.15) is 5.56 Å². The summed E-state index contributed by atoms with van der Waals surface area (Å²) >= 11 is 6.98. The van der Waals surface area contributed by atoms with E-state index >= 15 is 0 Å². The normalized spacial score (nSPS) is 10.6. The lowest BCUT2D eigenvalue weighted by Crippen LogP contribution is -2.01. The molecule has 106 valence electrons. The lowest BCUT2D eigenvalue weighted by Gasteiger charge is -2.08. The Hall–Kier alpha value is -1.66. The minimum atomic E-state index is 0.748. The Morgan fingerprint density at radius 2 is 2.00 bits per heavy atom. The van der Waals surface area contributed by atoms with Crippen LogP contribution in [-0.2, 0) is 6.54 Å². The number of nitrogens with one attached hydrogen (secondary N) is 1. The second kappa shape index (κ2) is 6.41. The van der Waals surface area contributed by atoms with E-state index < -0.39 is 0 Å². The maximum Gasteiger partial charge on any atom is 0.137 e. The van der Waals surface area contributed by atoms with E-state index in [-0.39, 0.29) is 0 Å². The standard InChI is InChI=1S/C15H12Br2N4/c16-13-3-1-11(7-14(13)17)8-19-12-2-4-15(20-9-12)21-6-5-18-10-21/h1-7,9-10,19H,8H2. The van der Waals surface area contributed by atoms with Crippen molar-refractivity contribution in [2.45, 2.75) is 6.54 Å². The summed E-state index contributed by atoms with van der Waals surface area (Å²) in [5.41, 5.74) is 2.18. The van der Waals surface area contributed by atoms with Crippen LogP contribution in [0.2, 0.25) is 0 Å². The van der Waals surface area contributed by atoms with Crippen LogP contribution in [0.3, 0.4) is 0 Å². The summed E-state index contributed by atoms with van der Waals surface area (Å²) in [6.07, 6.45) is 7.16. The molecule has 3 rings (SSSR count). The lowest BCUT2D eigenvalue weighted by molar-refractivity contribution is 0.990. The second-order valence-corrected chi connectivity index (χ2v) is 6.19. The van der Waals surface area contributed by atoms with Gasteiger partial charge in [0.15, 0.2) is 0 Å². The van der Waals surface area contributed by atoms with Gasteiger partial charge in [0, 0.05) is 27.9 Å². The Balaban J connectivity index is 1.66. The molecule has 0 amide bonds. The highest BCUT2D eigenvalue weighted by molar-refractivity contribution is 9.13. The molecule has 0 fully saturated rings. The fraction of sp³-hybridized carbons (Fsp3) is 0.0667. The highest BCUT2D eigenvalue weighted by Crippen LogP contribution is 2.24. The maximum absolute atomic E-state index is 4.41. The molecular weight excluding hydrogens is 396 g/mol. The van der Waals surface area contributed by atoms with Gasteiger partial charge in [-0.2, -0.15) is 0 Å². The van der Waals surface area contributed by atoms with Crippen LogP contribution in [0.25, 0.3) is 5.82 Å². The van der Waals surface area contributed by atoms with Crippen molar-refractivity contribution in [1.82, 2.24) is 14.5 Å². The summed E-state index contributed by atoms with van der Waals surface area (Å²) in [6, 6.07) is 10.2. The monoisotopic (exact) mass is 406 g/mol. The molecule has 4 nitrogen and oxygen atoms in total. The molecule has 0 aliphatic rings. The largest absolute Gasteiger partial charge is 0.380 e. The first kappa shape index (κ1) is 14.3. The highest BCUT2D eigenvalue weighted by atomic mass is 79.9. The topological polar surface area (TPSA) is 42.7 Å². The van der Waals surface area contributed by atoms with E-state index in [1.165, 1.54) is 5.56 Å². The number of anilines is 1. The number of rotatable bonds is 4. The van der Waals surface area contributed by atoms with Crippen molar-refractivity contribution >= 4 is 37.5 Å². The van der Waals surface area contributed by atoms with Crippen molar-refractivity contribution in [1.29, 1.82) is 0 Å². The Bertz CT molecular complexity index is 724. The zero-order chi connectivity index (χ0) is 14.7. The van der Waals surface area contributed by atoms with Crippen LogP contribution in [0.4, 0.5) is 5.69 Å². The van der Waals surface area contributed by atoms with Gasteiger partial charge in [0.05, 0.1) is 11.9 Å². The van der Waals surface area contributed by atoms with Crippen molar-refractivity contribution < 1.29 is 0 Å². The number of hydrogen-bond donors (Lipinski definition) is 1. The summed E-state index contributed by atoms with van der Waals surface area (Å²) in [5, 5.41) is 3.36. The van der Waals surface area contributed by atoms with Gasteiger partial charge in [-0.25, -0.2) is 9.97 Å². The van der Waals surface area contributed by atoms with E-state index in [0.717, 1.165) is 27.0 Å². The molecule has 0 spiro atoms. The van der Waals surface area contributed by atoms with Gasteiger partial charge in [-0.3, -0.25) is 4.57 Å². The van der Waals surface area contributed by atoms with Crippen LogP contribution in [-0.4, -0.2) is 14.5 Å². The zero-order valence-corrected chi connectivity index (χ0v) is 14.2. The van der Waals surface area contributed by atoms with Gasteiger partial charge in [-0.1, -0.05) is 6.07 Å². The first-order chi connectivity index (χ1) is 10.2. The van der Waals surface area contributed by atoms with E-state index in [2.05, 4.69) is 59.3 Å². The number of benzene rings is 1. The fourth-order valence-electron chi connectivity index (χ4n) is 1.89. The third kappa shape index (κ3) is 3.51. The highest BCUT2D eigenvalue weighted by Gasteiger charge is 2.00. The molecule has 0 saturated heterocycles. The first-order valence-electron chi connectivity index (χ1n) is 6.34. The van der Waals surface area contributed by atoms with Gasteiger partial charge in [0.25, 0.3) is 0 Å². The number of aromatic nitrogens is 3. The van der Waals surface area contributed by atoms with E-state index in [9.17, 15) is 0 Å². The lowest BCUT2D eigenvalue weighted by atomic mass is 10.2. The molecule has 0 aliphatic carbocycles. The Morgan fingerprint density at radius 1 is 1.10 bits per heavy atom. The third-order valence-corrected chi connectivity index (χ3v) is 4.88. The molecule has 0 bridgehead atoms. The SMILES string of the molecule is Brc1ccc(CNc2ccc(-n3ccnc3)nc2)cc1Br. The van der Waals surface area contributed by atoms with Gasteiger partial charge >= 0.3 is 0 Å². The van der Waals surface area contributed by atoms with Crippen LogP contribution < -0.4 is 5.32 Å². The van der Waals surface area contributed by atoms with Gasteiger partial charge < -0.3 is 5.32 Å². The Kier molecular flexibility index (Phi) is 4.36. The molecule has 0 aliphatic heterocycles. The Morgan fingerprint density at radius 3 is 2.67 bits per heavy atom. The number of imidazole rings is 1. The molecule has 1 aromatic carbocycles. The summed E-state index contributed by atoms with van der Waals surface area (Å²) in [5.74, 6) is 0.851. The number of hydrogen-bond acceptors (Lipinski definition) is 3. The Labute approximate surface area is 139 Å². The van der Waals surface area contributed by atoms with Crippen molar-refractivity contribution in [2.24, 2.45) is 0 Å². The van der Waals surface area contributed by atoms with Gasteiger partial charge in [-0.05, 0) is 61.7 Å². The molecule has 0 atom stereocenters. The number of pyridine rings is 1. The van der Waals surface area contributed by atoms with Gasteiger partial charge in [0.1, 0.15) is 12.1 Å². The van der Waals surface area contributed by atoms with Crippen molar-refractivity contribution in [3.05, 3.63) is 69.8 Å². The van der Waals surface area contributed by atoms with Crippen molar-refractivity contribution in [2.75, 3.05) is 5.32 Å². The molecule has 0 saturated carbocycles. The second-order valence-electron chi connectivity index (χ2n) is 4.48. The third-order valence-electron chi connectivity index (χ3n) is 3.00. The van der Waals surface area contributed by atoms with Crippen LogP contribution in [0, 0.1) is 0 Å². The van der Waals surface area contributed by atoms with Crippen LogP contribution in [0.5, 0.6) is 0 Å². The quantitative estimate of drug-likeness (QED) is 0.696. The van der Waals surface area contributed by atoms with Gasteiger partial charge in [-0.15, -0.1) is 0 Å². The van der Waals surface area contributed by atoms with Crippen molar-refractivity contribution in [3.8, 4) is 5.82 Å². The van der Waals surface area contributed by atoms with E-state index in [1.54, 1.807) is 12.5 Å². The van der Waals surface area contributed by atoms with Crippen molar-refractivity contribution in [3.63, 3.8) is 0 Å². The number of nitrogens with zero attached hydrogens (tertiary/aromatic N) is 3. The average molecular weight is 408 g/mol. The maximum atomic E-state index is 4.41. The first-order valence-corrected chi connectivity index (χ1v) is 7.93. The summed E-state index contributed by atoms with van der Waals surface area (Å²) in [7, 11) is 0. The van der Waals surface area contributed by atoms with Crippen LogP contribution >= 0.6 is 31.9 Å². The minimum Gasteiger partial charge on any atom is -0.380 e. The smallest absolute Gasteiger partial charge is 0.137 e. The average Bonchev–Trinajstić information content (AvgIpc) is 3.03. The minimum absolute atomic E-state index is 0.748. The molecule has 1 N–H and O–H groups in total. The van der Waals surface area contributed by atoms with Crippen LogP contribution in [0.15, 0.2) is 64.2 Å².